The molecule has 3 aromatic carbocycles. The zero-order valence-electron chi connectivity index (χ0n) is 17.6. The van der Waals surface area contributed by atoms with Crippen molar-refractivity contribution in [2.45, 2.75) is 6.42 Å². The fourth-order valence-corrected chi connectivity index (χ4v) is 3.31. The summed E-state index contributed by atoms with van der Waals surface area (Å²) in [5, 5.41) is 15.6. The van der Waals surface area contributed by atoms with Crippen LogP contribution in [-0.2, 0) is 11.2 Å². The highest BCUT2D eigenvalue weighted by atomic mass is 16.6. The lowest BCUT2D eigenvalue weighted by molar-refractivity contribution is -0.384. The largest absolute Gasteiger partial charge is 0.306 e. The van der Waals surface area contributed by atoms with Gasteiger partial charge in [-0.05, 0) is 23.8 Å². The first-order chi connectivity index (χ1) is 16.1. The summed E-state index contributed by atoms with van der Waals surface area (Å²) in [7, 11) is 0. The Labute approximate surface area is 190 Å². The molecule has 0 aliphatic carbocycles. The van der Waals surface area contributed by atoms with Gasteiger partial charge in [-0.3, -0.25) is 20.3 Å². The average molecular weight is 439 g/mol. The Bertz CT molecular complexity index is 1280. The molecule has 0 unspecified atom stereocenters. The molecule has 0 radical (unpaired) electrons. The van der Waals surface area contributed by atoms with Gasteiger partial charge in [0.25, 0.3) is 5.69 Å². The number of nitrogens with zero attached hydrogens (tertiary/aromatic N) is 3. The number of amides is 1. The third-order valence-electron chi connectivity index (χ3n) is 4.85. The van der Waals surface area contributed by atoms with Crippen LogP contribution in [0.25, 0.3) is 23.0 Å². The number of hydrogen-bond acceptors (Lipinski definition) is 5. The van der Waals surface area contributed by atoms with Crippen molar-refractivity contribution in [1.82, 2.24) is 20.6 Å². The van der Waals surface area contributed by atoms with Gasteiger partial charge < -0.3 is 5.43 Å². The molecule has 1 heterocycles. The Morgan fingerprint density at radius 2 is 1.73 bits per heavy atom. The predicted molar refractivity (Wildman–Crippen MR) is 126 cm³/mol. The predicted octanol–water partition coefficient (Wildman–Crippen LogP) is 4.28. The second-order valence-corrected chi connectivity index (χ2v) is 7.21. The molecule has 0 atom stereocenters. The van der Waals surface area contributed by atoms with Crippen LogP contribution >= 0.6 is 0 Å². The third kappa shape index (κ3) is 5.50. The van der Waals surface area contributed by atoms with Gasteiger partial charge in [-0.1, -0.05) is 60.7 Å². The number of benzene rings is 3. The fraction of sp³-hybridized carbons (Fsp3) is 0.0400. The van der Waals surface area contributed by atoms with Crippen molar-refractivity contribution in [3.63, 3.8) is 0 Å². The van der Waals surface area contributed by atoms with Crippen LogP contribution in [0.1, 0.15) is 11.1 Å². The van der Waals surface area contributed by atoms with E-state index in [1.165, 1.54) is 12.1 Å². The van der Waals surface area contributed by atoms with Gasteiger partial charge in [-0.15, -0.1) is 0 Å². The van der Waals surface area contributed by atoms with Crippen LogP contribution in [0.15, 0.2) is 97.3 Å². The topological polar surface area (TPSA) is 102 Å². The van der Waals surface area contributed by atoms with Crippen molar-refractivity contribution < 1.29 is 9.72 Å². The van der Waals surface area contributed by atoms with E-state index < -0.39 is 4.92 Å². The maximum absolute atomic E-state index is 12.2. The van der Waals surface area contributed by atoms with Gasteiger partial charge >= 0.3 is 0 Å². The first-order valence-corrected chi connectivity index (χ1v) is 10.2. The first kappa shape index (κ1) is 21.5. The quantitative estimate of drug-likeness (QED) is 0.315. The van der Waals surface area contributed by atoms with E-state index in [0.29, 0.717) is 5.56 Å². The number of hydrogen-bond donors (Lipinski definition) is 2. The summed E-state index contributed by atoms with van der Waals surface area (Å²) < 4.78 is 1.81. The number of nitro groups is 1. The molecule has 4 aromatic rings. The normalized spacial score (nSPS) is 10.8. The minimum atomic E-state index is -0.484. The van der Waals surface area contributed by atoms with Crippen LogP contribution in [0.2, 0.25) is 0 Å². The molecular formula is C25H21N5O3. The number of aromatic nitrogens is 2. The summed E-state index contributed by atoms with van der Waals surface area (Å²) in [6.45, 7) is 0. The van der Waals surface area contributed by atoms with Gasteiger partial charge in [0.2, 0.25) is 5.91 Å². The van der Waals surface area contributed by atoms with Gasteiger partial charge in [-0.25, -0.2) is 4.68 Å². The van der Waals surface area contributed by atoms with Crippen molar-refractivity contribution in [2.24, 2.45) is 0 Å². The lowest BCUT2D eigenvalue weighted by Gasteiger charge is -2.04. The zero-order valence-corrected chi connectivity index (χ0v) is 17.6. The maximum atomic E-state index is 12.2. The minimum absolute atomic E-state index is 0.0176. The van der Waals surface area contributed by atoms with Crippen molar-refractivity contribution in [3.05, 3.63) is 119 Å². The van der Waals surface area contributed by atoms with Crippen LogP contribution in [0, 0.1) is 10.1 Å². The summed E-state index contributed by atoms with van der Waals surface area (Å²) in [5.74, 6) is -0.316. The van der Waals surface area contributed by atoms with Crippen molar-refractivity contribution in [1.29, 1.82) is 0 Å². The second-order valence-electron chi connectivity index (χ2n) is 7.21. The van der Waals surface area contributed by atoms with Crippen LogP contribution < -0.4 is 10.9 Å². The summed E-state index contributed by atoms with van der Waals surface area (Å²) in [5.41, 5.74) is 9.44. The molecule has 33 heavy (non-hydrogen) atoms. The molecule has 0 saturated carbocycles. The van der Waals surface area contributed by atoms with E-state index >= 15 is 0 Å². The van der Waals surface area contributed by atoms with Crippen molar-refractivity contribution in [2.75, 3.05) is 0 Å². The molecule has 2 N–H and O–H groups in total. The van der Waals surface area contributed by atoms with Gasteiger partial charge in [0.15, 0.2) is 0 Å². The second kappa shape index (κ2) is 10.1. The number of hydrazine groups is 1. The molecule has 8 heteroatoms. The Morgan fingerprint density at radius 1 is 1.00 bits per heavy atom. The fourth-order valence-electron chi connectivity index (χ4n) is 3.31. The lowest BCUT2D eigenvalue weighted by Crippen LogP contribution is -2.34. The molecule has 4 rings (SSSR count). The maximum Gasteiger partial charge on any atom is 0.269 e. The molecule has 164 valence electrons. The lowest BCUT2D eigenvalue weighted by atomic mass is 10.1. The number of rotatable bonds is 8. The first-order valence-electron chi connectivity index (χ1n) is 10.2. The van der Waals surface area contributed by atoms with Crippen molar-refractivity contribution in [3.8, 4) is 16.9 Å². The zero-order chi connectivity index (χ0) is 23.0. The molecule has 0 aliphatic rings. The monoisotopic (exact) mass is 439 g/mol. The Balaban J connectivity index is 1.45. The average Bonchev–Trinajstić information content (AvgIpc) is 3.27. The van der Waals surface area contributed by atoms with Crippen LogP contribution in [0.4, 0.5) is 5.69 Å². The molecule has 0 saturated heterocycles. The van der Waals surface area contributed by atoms with Gasteiger partial charge in [-0.2, -0.15) is 5.10 Å². The molecule has 1 aromatic heterocycles. The Hall–Kier alpha value is -4.72. The van der Waals surface area contributed by atoms with E-state index in [4.69, 9.17) is 5.10 Å². The summed E-state index contributed by atoms with van der Waals surface area (Å²) in [4.78, 5) is 22.6. The van der Waals surface area contributed by atoms with Gasteiger partial charge in [0.05, 0.1) is 22.7 Å². The number of nitro benzene ring substituents is 1. The van der Waals surface area contributed by atoms with E-state index in [2.05, 4.69) is 10.9 Å². The number of non-ortho nitro benzene ring substituents is 1. The molecule has 1 amide bonds. The number of para-hydroxylation sites is 1. The highest BCUT2D eigenvalue weighted by Gasteiger charge is 2.11. The summed E-state index contributed by atoms with van der Waals surface area (Å²) >= 11 is 0. The number of carbonyl (C=O) groups excluding carboxylic acids is 1. The smallest absolute Gasteiger partial charge is 0.269 e. The van der Waals surface area contributed by atoms with Crippen LogP contribution in [0.5, 0.6) is 0 Å². The third-order valence-corrected chi connectivity index (χ3v) is 4.85. The SMILES string of the molecule is O=C(Cc1cccc([N+](=O)[O-])c1)NNC=Cc1cn(-c2ccccc2)nc1-c1ccccc1. The molecule has 0 bridgehead atoms. The Morgan fingerprint density at radius 3 is 2.45 bits per heavy atom. The van der Waals surface area contributed by atoms with E-state index in [1.807, 2.05) is 77.6 Å². The Kier molecular flexibility index (Phi) is 6.56. The standard InChI is InChI=1S/C25H21N5O3/c31-24(17-19-8-7-13-23(16-19)30(32)33)27-26-15-14-21-18-29(22-11-5-2-6-12-22)28-25(21)20-9-3-1-4-10-20/h1-16,18,26H,17H2,(H,27,31). The number of carbonyl (C=O) groups is 1. The number of nitrogens with one attached hydrogen (secondary N) is 2. The molecule has 0 spiro atoms. The highest BCUT2D eigenvalue weighted by Crippen LogP contribution is 2.24. The highest BCUT2D eigenvalue weighted by molar-refractivity contribution is 5.78. The van der Waals surface area contributed by atoms with Crippen molar-refractivity contribution >= 4 is 17.7 Å². The van der Waals surface area contributed by atoms with Gasteiger partial charge in [0.1, 0.15) is 0 Å². The van der Waals surface area contributed by atoms with E-state index in [1.54, 1.807) is 18.3 Å². The van der Waals surface area contributed by atoms with E-state index in [9.17, 15) is 14.9 Å². The molecule has 0 fully saturated rings. The molecule has 0 aliphatic heterocycles. The van der Waals surface area contributed by atoms with Gasteiger partial charge in [0, 0.05) is 35.7 Å². The summed E-state index contributed by atoms with van der Waals surface area (Å²) in [6.07, 6.45) is 5.37. The minimum Gasteiger partial charge on any atom is -0.306 e. The van der Waals surface area contributed by atoms with Crippen LogP contribution in [0.3, 0.4) is 0 Å². The molecular weight excluding hydrogens is 418 g/mol. The molecule has 8 nitrogen and oxygen atoms in total. The van der Waals surface area contributed by atoms with E-state index in [0.717, 1.165) is 22.5 Å². The van der Waals surface area contributed by atoms with E-state index in [-0.39, 0.29) is 18.0 Å². The summed E-state index contributed by atoms with van der Waals surface area (Å²) in [6, 6.07) is 25.7. The van der Waals surface area contributed by atoms with Crippen LogP contribution in [-0.4, -0.2) is 20.6 Å².